The average Bonchev–Trinajstić information content (AvgIpc) is 2.89. The molecule has 5 N–H and O–H groups in total. The van der Waals surface area contributed by atoms with Crippen LogP contribution in [-0.2, 0) is 11.3 Å². The minimum Gasteiger partial charge on any atom is -0.394 e. The van der Waals surface area contributed by atoms with E-state index in [4.69, 9.17) is 9.57 Å². The summed E-state index contributed by atoms with van der Waals surface area (Å²) in [6.45, 7) is -0.484. The van der Waals surface area contributed by atoms with Gasteiger partial charge in [-0.2, -0.15) is 0 Å². The third kappa shape index (κ3) is 5.42. The summed E-state index contributed by atoms with van der Waals surface area (Å²) >= 11 is 0. The van der Waals surface area contributed by atoms with E-state index in [1.54, 1.807) is 0 Å². The first-order valence-corrected chi connectivity index (χ1v) is 11.0. The predicted molar refractivity (Wildman–Crippen MR) is 124 cm³/mol. The van der Waals surface area contributed by atoms with Crippen LogP contribution in [0.1, 0.15) is 16.1 Å². The maximum absolute atomic E-state index is 12.9. The lowest BCUT2D eigenvalue weighted by Gasteiger charge is -2.39. The van der Waals surface area contributed by atoms with Crippen LogP contribution >= 0.6 is 0 Å². The number of benzene rings is 2. The molecule has 1 amide bonds. The number of hydrogen-bond acceptors (Lipinski definition) is 8. The lowest BCUT2D eigenvalue weighted by molar-refractivity contribution is -0.301. The van der Waals surface area contributed by atoms with E-state index >= 15 is 0 Å². The van der Waals surface area contributed by atoms with Crippen molar-refractivity contribution in [2.45, 2.75) is 37.3 Å². The molecule has 10 nitrogen and oxygen atoms in total. The smallest absolute Gasteiger partial charge is 0.283 e. The van der Waals surface area contributed by atoms with Gasteiger partial charge in [0, 0.05) is 12.6 Å². The second kappa shape index (κ2) is 10.8. The SMILES string of the molecule is O=C(NCc1ccc(-c2ccccc2)cc1)c1cccc(=O)n1OC1OC(CO)C(O)C(O)C1O. The number of ether oxygens (including phenoxy) is 1. The van der Waals surface area contributed by atoms with Gasteiger partial charge in [-0.1, -0.05) is 60.7 Å². The van der Waals surface area contributed by atoms with Gasteiger partial charge in [0.05, 0.1) is 6.61 Å². The number of carbonyl (C=O) groups excluding carboxylic acids is 1. The molecule has 3 aromatic rings. The second-order valence-corrected chi connectivity index (χ2v) is 8.09. The highest BCUT2D eigenvalue weighted by Gasteiger charge is 2.45. The van der Waals surface area contributed by atoms with E-state index in [-0.39, 0.29) is 12.2 Å². The highest BCUT2D eigenvalue weighted by Crippen LogP contribution is 2.21. The number of nitrogens with one attached hydrogen (secondary N) is 1. The van der Waals surface area contributed by atoms with Gasteiger partial charge in [-0.15, -0.1) is 4.73 Å². The Morgan fingerprint density at radius 1 is 0.886 bits per heavy atom. The molecule has 0 radical (unpaired) electrons. The Morgan fingerprint density at radius 2 is 1.57 bits per heavy atom. The second-order valence-electron chi connectivity index (χ2n) is 8.09. The molecule has 1 fully saturated rings. The van der Waals surface area contributed by atoms with Crippen molar-refractivity contribution in [1.29, 1.82) is 0 Å². The molecule has 184 valence electrons. The van der Waals surface area contributed by atoms with Gasteiger partial charge in [0.15, 0.2) is 0 Å². The maximum Gasteiger partial charge on any atom is 0.283 e. The van der Waals surface area contributed by atoms with Crippen LogP contribution in [0.5, 0.6) is 0 Å². The minimum absolute atomic E-state index is 0.171. The van der Waals surface area contributed by atoms with Crippen LogP contribution in [0.15, 0.2) is 77.6 Å². The Labute approximate surface area is 200 Å². The molecule has 35 heavy (non-hydrogen) atoms. The third-order valence-corrected chi connectivity index (χ3v) is 5.72. The van der Waals surface area contributed by atoms with Crippen LogP contribution in [0.4, 0.5) is 0 Å². The number of hydrogen-bond donors (Lipinski definition) is 5. The van der Waals surface area contributed by atoms with Gasteiger partial charge in [-0.25, -0.2) is 0 Å². The predicted octanol–water partition coefficient (Wildman–Crippen LogP) is -0.326. The number of carbonyl (C=O) groups is 1. The molecule has 0 aliphatic carbocycles. The van der Waals surface area contributed by atoms with Gasteiger partial charge in [0.1, 0.15) is 30.1 Å². The molecular weight excluding hydrogens is 456 g/mol. The van der Waals surface area contributed by atoms with Gasteiger partial charge in [0.25, 0.3) is 17.8 Å². The Morgan fingerprint density at radius 3 is 2.26 bits per heavy atom. The summed E-state index contributed by atoms with van der Waals surface area (Å²) in [7, 11) is 0. The molecule has 2 heterocycles. The van der Waals surface area contributed by atoms with Crippen LogP contribution < -0.4 is 15.7 Å². The highest BCUT2D eigenvalue weighted by molar-refractivity contribution is 5.92. The first-order valence-electron chi connectivity index (χ1n) is 11.0. The third-order valence-electron chi connectivity index (χ3n) is 5.72. The maximum atomic E-state index is 12.9. The van der Waals surface area contributed by atoms with Crippen molar-refractivity contribution in [3.05, 3.63) is 94.4 Å². The number of aliphatic hydroxyl groups is 4. The zero-order valence-corrected chi connectivity index (χ0v) is 18.6. The summed E-state index contributed by atoms with van der Waals surface area (Å²) in [5.74, 6) is -0.626. The van der Waals surface area contributed by atoms with Gasteiger partial charge < -0.3 is 35.3 Å². The van der Waals surface area contributed by atoms with Crippen molar-refractivity contribution in [1.82, 2.24) is 10.0 Å². The van der Waals surface area contributed by atoms with E-state index in [9.17, 15) is 30.0 Å². The molecular formula is C25H26N2O8. The van der Waals surface area contributed by atoms with E-state index in [1.165, 1.54) is 12.1 Å². The van der Waals surface area contributed by atoms with E-state index in [0.29, 0.717) is 4.73 Å². The lowest BCUT2D eigenvalue weighted by Crippen LogP contribution is -2.61. The Balaban J connectivity index is 1.46. The molecule has 1 aliphatic rings. The molecule has 5 atom stereocenters. The van der Waals surface area contributed by atoms with E-state index < -0.39 is 48.8 Å². The average molecular weight is 482 g/mol. The topological polar surface area (TPSA) is 150 Å². The summed E-state index contributed by atoms with van der Waals surface area (Å²) in [4.78, 5) is 30.7. The van der Waals surface area contributed by atoms with Crippen molar-refractivity contribution < 1.29 is 34.8 Å². The van der Waals surface area contributed by atoms with E-state index in [1.807, 2.05) is 54.6 Å². The monoisotopic (exact) mass is 482 g/mol. The number of amides is 1. The molecule has 4 rings (SSSR count). The van der Waals surface area contributed by atoms with E-state index in [0.717, 1.165) is 22.8 Å². The summed E-state index contributed by atoms with van der Waals surface area (Å²) in [5, 5.41) is 42.1. The first-order chi connectivity index (χ1) is 16.9. The molecule has 10 heteroatoms. The summed E-state index contributed by atoms with van der Waals surface area (Å²) in [6.07, 6.45) is -7.87. The first kappa shape index (κ1) is 24.6. The van der Waals surface area contributed by atoms with Crippen LogP contribution in [0.25, 0.3) is 11.1 Å². The minimum atomic E-state index is -1.74. The van der Waals surface area contributed by atoms with Gasteiger partial charge in [-0.3, -0.25) is 9.59 Å². The molecule has 1 saturated heterocycles. The zero-order chi connectivity index (χ0) is 24.9. The number of nitrogens with zero attached hydrogens (tertiary/aromatic N) is 1. The van der Waals surface area contributed by atoms with Crippen molar-refractivity contribution >= 4 is 5.91 Å². The molecule has 0 spiro atoms. The fourth-order valence-corrected chi connectivity index (χ4v) is 3.73. The van der Waals surface area contributed by atoms with Gasteiger partial charge in [-0.05, 0) is 22.8 Å². The van der Waals surface area contributed by atoms with Crippen LogP contribution in [0.3, 0.4) is 0 Å². The molecule has 0 saturated carbocycles. The summed E-state index contributed by atoms with van der Waals surface area (Å²) < 4.78 is 5.92. The number of pyridine rings is 1. The molecule has 1 aliphatic heterocycles. The Hall–Kier alpha value is -3.54. The number of aliphatic hydroxyl groups excluding tert-OH is 4. The van der Waals surface area contributed by atoms with Crippen LogP contribution in [0.2, 0.25) is 0 Å². The normalized spacial score (nSPS) is 24.1. The molecule has 1 aromatic heterocycles. The fourth-order valence-electron chi connectivity index (χ4n) is 3.73. The van der Waals surface area contributed by atoms with Crippen molar-refractivity contribution in [3.63, 3.8) is 0 Å². The number of aromatic nitrogens is 1. The van der Waals surface area contributed by atoms with Crippen LogP contribution in [-0.4, -0.2) is 68.4 Å². The fraction of sp³-hybridized carbons (Fsp3) is 0.280. The van der Waals surface area contributed by atoms with Gasteiger partial charge in [0.2, 0.25) is 0 Å². The largest absolute Gasteiger partial charge is 0.394 e. The quantitative estimate of drug-likeness (QED) is 0.307. The zero-order valence-electron chi connectivity index (χ0n) is 18.6. The van der Waals surface area contributed by atoms with Gasteiger partial charge >= 0.3 is 0 Å². The molecule has 2 aromatic carbocycles. The van der Waals surface area contributed by atoms with E-state index in [2.05, 4.69) is 5.32 Å². The van der Waals surface area contributed by atoms with Crippen molar-refractivity contribution in [2.75, 3.05) is 6.61 Å². The molecule has 0 bridgehead atoms. The Kier molecular flexibility index (Phi) is 7.59. The Bertz CT molecular complexity index is 1200. The van der Waals surface area contributed by atoms with Crippen LogP contribution in [0, 0.1) is 0 Å². The standard InChI is InChI=1S/C25H26N2O8/c28-14-19-21(30)22(31)23(32)25(34-19)35-27-18(7-4-8-20(27)29)24(33)26-13-15-9-11-17(12-10-15)16-5-2-1-3-6-16/h1-12,19,21-23,25,28,30-32H,13-14H2,(H,26,33). The van der Waals surface area contributed by atoms with Crippen molar-refractivity contribution in [3.8, 4) is 11.1 Å². The lowest BCUT2D eigenvalue weighted by atomic mass is 9.99. The summed E-state index contributed by atoms with van der Waals surface area (Å²) in [5.41, 5.74) is 2.04. The highest BCUT2D eigenvalue weighted by atomic mass is 16.8. The van der Waals surface area contributed by atoms with Crippen molar-refractivity contribution in [2.24, 2.45) is 0 Å². The summed E-state index contributed by atoms with van der Waals surface area (Å²) in [6, 6.07) is 21.4. The number of rotatable bonds is 7. The molecule has 5 unspecified atom stereocenters.